The van der Waals surface area contributed by atoms with Crippen LogP contribution in [0.3, 0.4) is 0 Å². The molecule has 0 N–H and O–H groups in total. The summed E-state index contributed by atoms with van der Waals surface area (Å²) < 4.78 is 11.2. The van der Waals surface area contributed by atoms with Gasteiger partial charge in [0.05, 0.1) is 25.8 Å². The van der Waals surface area contributed by atoms with Crippen molar-refractivity contribution in [3.05, 3.63) is 93.5 Å². The molecule has 1 aliphatic heterocycles. The Morgan fingerprint density at radius 1 is 0.882 bits per heavy atom. The molecule has 0 aliphatic carbocycles. The second-order valence-corrected chi connectivity index (χ2v) is 9.22. The van der Waals surface area contributed by atoms with E-state index in [9.17, 15) is 4.79 Å². The molecule has 1 heterocycles. The Hall–Kier alpha value is -3.02. The topological polar surface area (TPSA) is 51.1 Å². The van der Waals surface area contributed by atoms with Crippen LogP contribution >= 0.6 is 23.2 Å². The van der Waals surface area contributed by atoms with Gasteiger partial charge in [-0.15, -0.1) is 0 Å². The van der Waals surface area contributed by atoms with Crippen LogP contribution in [0.1, 0.15) is 42.6 Å². The monoisotopic (exact) mass is 496 g/mol. The van der Waals surface area contributed by atoms with Crippen LogP contribution in [0.15, 0.2) is 71.7 Å². The molecule has 7 heteroatoms. The smallest absolute Gasteiger partial charge is 0.231 e. The normalized spacial score (nSPS) is 17.6. The Balaban J connectivity index is 1.96. The number of hydrogen-bond acceptors (Lipinski definition) is 4. The van der Waals surface area contributed by atoms with Crippen LogP contribution in [-0.2, 0) is 4.79 Å². The van der Waals surface area contributed by atoms with Crippen molar-refractivity contribution in [3.8, 4) is 11.5 Å². The first-order valence-corrected chi connectivity index (χ1v) is 11.7. The van der Waals surface area contributed by atoms with Crippen LogP contribution in [0.25, 0.3) is 0 Å². The lowest BCUT2D eigenvalue weighted by Crippen LogP contribution is -2.40. The minimum atomic E-state index is -0.376. The summed E-state index contributed by atoms with van der Waals surface area (Å²) in [5.41, 5.74) is 2.56. The molecule has 3 aromatic rings. The van der Waals surface area contributed by atoms with Gasteiger partial charge in [0.1, 0.15) is 11.9 Å². The molecule has 1 aliphatic rings. The van der Waals surface area contributed by atoms with Crippen molar-refractivity contribution < 1.29 is 14.3 Å². The molecular formula is C27H26Cl2N2O3. The summed E-state index contributed by atoms with van der Waals surface area (Å²) in [6.07, 6.45) is 0. The zero-order valence-electron chi connectivity index (χ0n) is 19.5. The minimum absolute atomic E-state index is 0.0416. The van der Waals surface area contributed by atoms with Crippen molar-refractivity contribution in [2.24, 2.45) is 10.9 Å². The molecule has 0 saturated carbocycles. The maximum absolute atomic E-state index is 13.7. The number of amidine groups is 1. The number of carbonyl (C=O) groups is 1. The zero-order chi connectivity index (χ0) is 24.4. The van der Waals surface area contributed by atoms with Gasteiger partial charge in [0.25, 0.3) is 0 Å². The Bertz CT molecular complexity index is 1210. The van der Waals surface area contributed by atoms with E-state index >= 15 is 0 Å². The third-order valence-corrected chi connectivity index (χ3v) is 6.37. The first kappa shape index (κ1) is 24.1. The predicted octanol–water partition coefficient (Wildman–Crippen LogP) is 6.74. The van der Waals surface area contributed by atoms with Crippen molar-refractivity contribution in [2.45, 2.75) is 25.9 Å². The fourth-order valence-electron chi connectivity index (χ4n) is 4.23. The number of para-hydroxylation sites is 1. The van der Waals surface area contributed by atoms with Gasteiger partial charge in [-0.1, -0.05) is 67.4 Å². The molecule has 0 spiro atoms. The molecular weight excluding hydrogens is 471 g/mol. The third-order valence-electron chi connectivity index (χ3n) is 5.87. The lowest BCUT2D eigenvalue weighted by Gasteiger charge is -2.31. The summed E-state index contributed by atoms with van der Waals surface area (Å²) in [5, 5.41) is 1.26. The SMILES string of the molecule is COc1cccc(C2=NC(c3ccc(Cl)cc3)C(c3ccc(Cl)cc3)N2C(=O)C(C)C)c1OC. The van der Waals surface area contributed by atoms with Crippen molar-refractivity contribution in [1.82, 2.24) is 4.90 Å². The Kier molecular flexibility index (Phi) is 7.15. The highest BCUT2D eigenvalue weighted by molar-refractivity contribution is 6.30. The lowest BCUT2D eigenvalue weighted by atomic mass is 9.93. The summed E-state index contributed by atoms with van der Waals surface area (Å²) >= 11 is 12.3. The Labute approximate surface area is 209 Å². The minimum Gasteiger partial charge on any atom is -0.493 e. The van der Waals surface area contributed by atoms with Crippen LogP contribution in [0.5, 0.6) is 11.5 Å². The number of halogens is 2. The quantitative estimate of drug-likeness (QED) is 0.379. The first-order chi connectivity index (χ1) is 16.3. The van der Waals surface area contributed by atoms with Crippen LogP contribution in [-0.4, -0.2) is 30.9 Å². The number of benzene rings is 3. The molecule has 2 atom stereocenters. The molecule has 0 aromatic heterocycles. The van der Waals surface area contributed by atoms with E-state index in [1.54, 1.807) is 19.1 Å². The van der Waals surface area contributed by atoms with E-state index < -0.39 is 0 Å². The molecule has 1 amide bonds. The summed E-state index contributed by atoms with van der Waals surface area (Å²) in [6.45, 7) is 3.77. The van der Waals surface area contributed by atoms with E-state index in [0.717, 1.165) is 11.1 Å². The predicted molar refractivity (Wildman–Crippen MR) is 136 cm³/mol. The number of nitrogens with zero attached hydrogens (tertiary/aromatic N) is 2. The second kappa shape index (κ2) is 10.1. The molecule has 0 radical (unpaired) electrons. The van der Waals surface area contributed by atoms with E-state index in [4.69, 9.17) is 37.7 Å². The summed E-state index contributed by atoms with van der Waals surface area (Å²) in [4.78, 5) is 20.6. The fraction of sp³-hybridized carbons (Fsp3) is 0.259. The maximum Gasteiger partial charge on any atom is 0.231 e. The Morgan fingerprint density at radius 2 is 1.47 bits per heavy atom. The number of aliphatic imine (C=N–C) groups is 1. The van der Waals surface area contributed by atoms with Gasteiger partial charge < -0.3 is 9.47 Å². The van der Waals surface area contributed by atoms with Crippen LogP contribution in [0.2, 0.25) is 10.0 Å². The van der Waals surface area contributed by atoms with Gasteiger partial charge in [0.2, 0.25) is 5.91 Å². The Morgan fingerprint density at radius 3 is 2.00 bits per heavy atom. The molecule has 0 fully saturated rings. The molecule has 34 heavy (non-hydrogen) atoms. The van der Waals surface area contributed by atoms with Gasteiger partial charge in [0, 0.05) is 16.0 Å². The fourth-order valence-corrected chi connectivity index (χ4v) is 4.48. The second-order valence-electron chi connectivity index (χ2n) is 8.35. The number of carbonyl (C=O) groups excluding carboxylic acids is 1. The molecule has 176 valence electrons. The van der Waals surface area contributed by atoms with Gasteiger partial charge in [-0.2, -0.15) is 0 Å². The van der Waals surface area contributed by atoms with E-state index in [2.05, 4.69) is 0 Å². The van der Waals surface area contributed by atoms with Crippen LogP contribution in [0, 0.1) is 5.92 Å². The molecule has 5 nitrogen and oxygen atoms in total. The molecule has 3 aromatic carbocycles. The van der Waals surface area contributed by atoms with Gasteiger partial charge in [-0.3, -0.25) is 14.7 Å². The highest BCUT2D eigenvalue weighted by atomic mass is 35.5. The van der Waals surface area contributed by atoms with Crippen molar-refractivity contribution in [3.63, 3.8) is 0 Å². The summed E-state index contributed by atoms with van der Waals surface area (Å²) in [5.74, 6) is 1.34. The summed E-state index contributed by atoms with van der Waals surface area (Å²) in [6, 6.07) is 20.0. The number of rotatable bonds is 6. The van der Waals surface area contributed by atoms with Crippen LogP contribution < -0.4 is 9.47 Å². The zero-order valence-corrected chi connectivity index (χ0v) is 21.0. The van der Waals surface area contributed by atoms with Crippen molar-refractivity contribution in [1.29, 1.82) is 0 Å². The highest BCUT2D eigenvalue weighted by Crippen LogP contribution is 2.46. The maximum atomic E-state index is 13.7. The van der Waals surface area contributed by atoms with E-state index in [0.29, 0.717) is 32.9 Å². The van der Waals surface area contributed by atoms with E-state index in [1.165, 1.54) is 0 Å². The molecule has 0 saturated heterocycles. The van der Waals surface area contributed by atoms with Gasteiger partial charge in [-0.25, -0.2) is 0 Å². The van der Waals surface area contributed by atoms with Gasteiger partial charge in [0.15, 0.2) is 11.5 Å². The number of hydrogen-bond donors (Lipinski definition) is 0. The van der Waals surface area contributed by atoms with E-state index in [1.807, 2.05) is 80.6 Å². The molecule has 4 rings (SSSR count). The third kappa shape index (κ3) is 4.50. The van der Waals surface area contributed by atoms with Gasteiger partial charge in [-0.05, 0) is 47.5 Å². The number of amides is 1. The van der Waals surface area contributed by atoms with Gasteiger partial charge >= 0.3 is 0 Å². The van der Waals surface area contributed by atoms with Crippen molar-refractivity contribution in [2.75, 3.05) is 14.2 Å². The standard InChI is InChI=1S/C27H26Cl2N2O3/c1-16(2)27(32)31-24(18-10-14-20(29)15-11-18)23(17-8-12-19(28)13-9-17)30-26(31)21-6-5-7-22(33-3)25(21)34-4/h5-16,23-24H,1-4H3. The highest BCUT2D eigenvalue weighted by Gasteiger charge is 2.43. The average molecular weight is 497 g/mol. The average Bonchev–Trinajstić information content (AvgIpc) is 3.24. The van der Waals surface area contributed by atoms with Crippen LogP contribution in [0.4, 0.5) is 0 Å². The number of ether oxygens (including phenoxy) is 2. The largest absolute Gasteiger partial charge is 0.493 e. The first-order valence-electron chi connectivity index (χ1n) is 11.0. The molecule has 0 bridgehead atoms. The van der Waals surface area contributed by atoms with E-state index in [-0.39, 0.29) is 23.9 Å². The summed E-state index contributed by atoms with van der Waals surface area (Å²) in [7, 11) is 3.17. The van der Waals surface area contributed by atoms with Crippen molar-refractivity contribution >= 4 is 34.9 Å². The molecule has 2 unspecified atom stereocenters. The lowest BCUT2D eigenvalue weighted by molar-refractivity contribution is -0.132. The number of methoxy groups -OCH3 is 2.